The van der Waals surface area contributed by atoms with Crippen LogP contribution in [0, 0.1) is 26.7 Å². The van der Waals surface area contributed by atoms with Crippen LogP contribution in [-0.4, -0.2) is 37.6 Å². The van der Waals surface area contributed by atoms with Crippen molar-refractivity contribution in [1.29, 1.82) is 0 Å². The van der Waals surface area contributed by atoms with Gasteiger partial charge in [-0.25, -0.2) is 8.42 Å². The maximum absolute atomic E-state index is 12.9. The Balaban J connectivity index is 1.70. The highest BCUT2D eigenvalue weighted by molar-refractivity contribution is 7.89. The van der Waals surface area contributed by atoms with Crippen LogP contribution in [0.5, 0.6) is 5.75 Å². The molecule has 136 valence electrons. The third kappa shape index (κ3) is 3.72. The van der Waals surface area contributed by atoms with Gasteiger partial charge in [-0.05, 0) is 45.2 Å². The van der Waals surface area contributed by atoms with Crippen LogP contribution >= 0.6 is 0 Å². The molecule has 0 aliphatic carbocycles. The molecule has 0 spiro atoms. The molecule has 1 aromatic carbocycles. The second-order valence-electron chi connectivity index (χ2n) is 6.60. The largest absolute Gasteiger partial charge is 0.493 e. The quantitative estimate of drug-likeness (QED) is 0.815. The third-order valence-electron chi connectivity index (χ3n) is 4.62. The predicted octanol–water partition coefficient (Wildman–Crippen LogP) is 3.08. The van der Waals surface area contributed by atoms with Crippen LogP contribution < -0.4 is 4.74 Å². The molecule has 1 unspecified atom stereocenters. The molecule has 3 rings (SSSR count). The molecule has 7 heteroatoms. The highest BCUT2D eigenvalue weighted by Crippen LogP contribution is 2.28. The molecular formula is C18H24N2O4S. The minimum atomic E-state index is -3.58. The van der Waals surface area contributed by atoms with Gasteiger partial charge in [0, 0.05) is 19.0 Å². The molecule has 0 radical (unpaired) electrons. The van der Waals surface area contributed by atoms with Gasteiger partial charge in [-0.1, -0.05) is 23.4 Å². The van der Waals surface area contributed by atoms with Crippen molar-refractivity contribution in [3.63, 3.8) is 0 Å². The molecule has 0 amide bonds. The van der Waals surface area contributed by atoms with E-state index >= 15 is 0 Å². The van der Waals surface area contributed by atoms with E-state index in [2.05, 4.69) is 5.16 Å². The van der Waals surface area contributed by atoms with Gasteiger partial charge in [0.2, 0.25) is 10.0 Å². The van der Waals surface area contributed by atoms with Crippen molar-refractivity contribution in [1.82, 2.24) is 9.46 Å². The van der Waals surface area contributed by atoms with Crippen molar-refractivity contribution in [3.05, 3.63) is 41.3 Å². The summed E-state index contributed by atoms with van der Waals surface area (Å²) in [6.45, 7) is 6.79. The first kappa shape index (κ1) is 17.9. The highest BCUT2D eigenvalue weighted by Gasteiger charge is 2.34. The normalized spacial score (nSPS) is 19.1. The Hall–Kier alpha value is -1.86. The summed E-state index contributed by atoms with van der Waals surface area (Å²) in [5.41, 5.74) is 1.49. The topological polar surface area (TPSA) is 72.6 Å². The number of hydrogen-bond donors (Lipinski definition) is 0. The van der Waals surface area contributed by atoms with Crippen LogP contribution in [0.4, 0.5) is 0 Å². The lowest BCUT2D eigenvalue weighted by molar-refractivity contribution is 0.179. The van der Waals surface area contributed by atoms with Gasteiger partial charge >= 0.3 is 0 Å². The fraction of sp³-hybridized carbons (Fsp3) is 0.500. The zero-order chi connectivity index (χ0) is 18.0. The van der Waals surface area contributed by atoms with Crippen molar-refractivity contribution in [2.75, 3.05) is 19.7 Å². The Morgan fingerprint density at radius 2 is 2.04 bits per heavy atom. The number of benzene rings is 1. The second kappa shape index (κ2) is 7.17. The Morgan fingerprint density at radius 3 is 2.72 bits per heavy atom. The molecule has 1 atom stereocenters. The van der Waals surface area contributed by atoms with Gasteiger partial charge in [-0.15, -0.1) is 0 Å². The molecule has 0 saturated carbocycles. The van der Waals surface area contributed by atoms with E-state index in [1.165, 1.54) is 4.31 Å². The Labute approximate surface area is 148 Å². The molecule has 1 aromatic heterocycles. The maximum atomic E-state index is 12.9. The summed E-state index contributed by atoms with van der Waals surface area (Å²) < 4.78 is 38.4. The molecule has 2 heterocycles. The minimum absolute atomic E-state index is 0.170. The van der Waals surface area contributed by atoms with E-state index in [9.17, 15) is 8.42 Å². The molecule has 0 N–H and O–H groups in total. The number of aromatic nitrogens is 1. The first-order valence-electron chi connectivity index (χ1n) is 8.51. The van der Waals surface area contributed by atoms with Gasteiger partial charge in [0.15, 0.2) is 5.76 Å². The van der Waals surface area contributed by atoms with Gasteiger partial charge in [-0.3, -0.25) is 0 Å². The molecule has 0 bridgehead atoms. The lowest BCUT2D eigenvalue weighted by Crippen LogP contribution is -2.41. The number of nitrogens with zero attached hydrogens (tertiary/aromatic N) is 2. The maximum Gasteiger partial charge on any atom is 0.248 e. The van der Waals surface area contributed by atoms with E-state index < -0.39 is 10.0 Å². The molecule has 1 aliphatic heterocycles. The zero-order valence-corrected chi connectivity index (χ0v) is 15.7. The van der Waals surface area contributed by atoms with E-state index in [1.54, 1.807) is 13.8 Å². The van der Waals surface area contributed by atoms with E-state index in [1.807, 2.05) is 31.2 Å². The Kier molecular flexibility index (Phi) is 5.15. The molecule has 1 fully saturated rings. The third-order valence-corrected chi connectivity index (χ3v) is 6.73. The van der Waals surface area contributed by atoms with E-state index in [0.717, 1.165) is 24.2 Å². The van der Waals surface area contributed by atoms with Crippen LogP contribution in [0.2, 0.25) is 0 Å². The summed E-state index contributed by atoms with van der Waals surface area (Å²) in [6, 6.07) is 7.86. The van der Waals surface area contributed by atoms with Crippen molar-refractivity contribution in [2.45, 2.75) is 38.5 Å². The standard InChI is InChI=1S/C18H24N2O4S/c1-13-7-4-5-9-17(13)23-12-16-8-6-10-20(11-16)25(21,22)18-14(2)19-24-15(18)3/h4-5,7,9,16H,6,8,10-12H2,1-3H3. The van der Waals surface area contributed by atoms with E-state index in [4.69, 9.17) is 9.26 Å². The molecule has 2 aromatic rings. The summed E-state index contributed by atoms with van der Waals surface area (Å²) >= 11 is 0. The summed E-state index contributed by atoms with van der Waals surface area (Å²) in [5.74, 6) is 1.37. The number of rotatable bonds is 5. The van der Waals surface area contributed by atoms with Gasteiger partial charge in [0.1, 0.15) is 16.3 Å². The fourth-order valence-electron chi connectivity index (χ4n) is 3.28. The minimum Gasteiger partial charge on any atom is -0.493 e. The van der Waals surface area contributed by atoms with Crippen LogP contribution in [0.3, 0.4) is 0 Å². The first-order chi connectivity index (χ1) is 11.9. The fourth-order valence-corrected chi connectivity index (χ4v) is 5.13. The summed E-state index contributed by atoms with van der Waals surface area (Å²) in [7, 11) is -3.58. The average molecular weight is 364 g/mol. The average Bonchev–Trinajstić information content (AvgIpc) is 2.94. The lowest BCUT2D eigenvalue weighted by atomic mass is 10.0. The van der Waals surface area contributed by atoms with Crippen LogP contribution in [0.25, 0.3) is 0 Å². The number of para-hydroxylation sites is 1. The highest BCUT2D eigenvalue weighted by atomic mass is 32.2. The van der Waals surface area contributed by atoms with E-state index in [-0.39, 0.29) is 10.8 Å². The van der Waals surface area contributed by atoms with Crippen LogP contribution in [0.15, 0.2) is 33.7 Å². The summed E-state index contributed by atoms with van der Waals surface area (Å²) in [4.78, 5) is 0.202. The van der Waals surface area contributed by atoms with Gasteiger partial charge in [-0.2, -0.15) is 4.31 Å². The van der Waals surface area contributed by atoms with Gasteiger partial charge < -0.3 is 9.26 Å². The van der Waals surface area contributed by atoms with Crippen molar-refractivity contribution >= 4 is 10.0 Å². The number of aryl methyl sites for hydroxylation is 3. The van der Waals surface area contributed by atoms with Gasteiger partial charge in [0.25, 0.3) is 0 Å². The molecule has 6 nitrogen and oxygen atoms in total. The Morgan fingerprint density at radius 1 is 1.28 bits per heavy atom. The van der Waals surface area contributed by atoms with Crippen molar-refractivity contribution < 1.29 is 17.7 Å². The SMILES string of the molecule is Cc1ccccc1OCC1CCCN(S(=O)(=O)c2c(C)noc2C)C1. The second-order valence-corrected chi connectivity index (χ2v) is 8.48. The van der Waals surface area contributed by atoms with E-state index in [0.29, 0.717) is 31.2 Å². The molecule has 25 heavy (non-hydrogen) atoms. The number of ether oxygens (including phenoxy) is 1. The number of piperidine rings is 1. The van der Waals surface area contributed by atoms with Crippen LogP contribution in [0.1, 0.15) is 29.9 Å². The number of hydrogen-bond acceptors (Lipinski definition) is 5. The predicted molar refractivity (Wildman–Crippen MR) is 94.1 cm³/mol. The zero-order valence-electron chi connectivity index (χ0n) is 14.9. The van der Waals surface area contributed by atoms with Gasteiger partial charge in [0.05, 0.1) is 6.61 Å². The first-order valence-corrected chi connectivity index (χ1v) is 9.95. The number of sulfonamides is 1. The smallest absolute Gasteiger partial charge is 0.248 e. The molecule has 1 aliphatic rings. The molecule has 1 saturated heterocycles. The van der Waals surface area contributed by atoms with Crippen molar-refractivity contribution in [2.24, 2.45) is 5.92 Å². The molecular weight excluding hydrogens is 340 g/mol. The summed E-state index contributed by atoms with van der Waals surface area (Å²) in [6.07, 6.45) is 1.78. The monoisotopic (exact) mass is 364 g/mol. The van der Waals surface area contributed by atoms with Crippen molar-refractivity contribution in [3.8, 4) is 5.75 Å². The van der Waals surface area contributed by atoms with Crippen LogP contribution in [-0.2, 0) is 10.0 Å². The summed E-state index contributed by atoms with van der Waals surface area (Å²) in [5, 5.41) is 3.78. The lowest BCUT2D eigenvalue weighted by Gasteiger charge is -2.31. The Bertz CT molecular complexity index is 825.